The molecule has 0 aliphatic rings. The van der Waals surface area contributed by atoms with Crippen LogP contribution in [0, 0.1) is 19.7 Å². The number of hydrogen-bond donors (Lipinski definition) is 1. The summed E-state index contributed by atoms with van der Waals surface area (Å²) in [6, 6.07) is 18.9. The summed E-state index contributed by atoms with van der Waals surface area (Å²) in [6.45, 7) is 3.85. The molecule has 6 nitrogen and oxygen atoms in total. The molecular formula is C24H21FN4O2. The summed E-state index contributed by atoms with van der Waals surface area (Å²) < 4.78 is 20.2. The van der Waals surface area contributed by atoms with E-state index in [2.05, 4.69) is 15.4 Å². The number of benzene rings is 3. The van der Waals surface area contributed by atoms with Crippen molar-refractivity contribution in [3.05, 3.63) is 89.5 Å². The Kier molecular flexibility index (Phi) is 5.49. The molecule has 0 fully saturated rings. The summed E-state index contributed by atoms with van der Waals surface area (Å²) in [5.74, 6) is 0.357. The fraction of sp³-hybridized carbons (Fsp3) is 0.125. The Morgan fingerprint density at radius 1 is 0.968 bits per heavy atom. The quantitative estimate of drug-likeness (QED) is 0.500. The molecule has 0 radical (unpaired) electrons. The lowest BCUT2D eigenvalue weighted by molar-refractivity contribution is 0.101. The fourth-order valence-electron chi connectivity index (χ4n) is 3.28. The van der Waals surface area contributed by atoms with Gasteiger partial charge >= 0.3 is 0 Å². The minimum absolute atomic E-state index is 0.0118. The van der Waals surface area contributed by atoms with E-state index in [0.717, 1.165) is 16.8 Å². The Labute approximate surface area is 179 Å². The van der Waals surface area contributed by atoms with Gasteiger partial charge in [0.1, 0.15) is 11.6 Å². The van der Waals surface area contributed by atoms with Gasteiger partial charge in [-0.1, -0.05) is 18.2 Å². The SMILES string of the molecule is COc1ccc(-n2nc(C(=O)Nc3c(C)cccc3C)nc2-c2ccc(F)cc2)cc1. The lowest BCUT2D eigenvalue weighted by Crippen LogP contribution is -2.16. The highest BCUT2D eigenvalue weighted by Crippen LogP contribution is 2.24. The van der Waals surface area contributed by atoms with Crippen molar-refractivity contribution < 1.29 is 13.9 Å². The normalized spacial score (nSPS) is 10.7. The summed E-state index contributed by atoms with van der Waals surface area (Å²) in [5.41, 5.74) is 3.95. The second-order valence-electron chi connectivity index (χ2n) is 7.10. The number of carbonyl (C=O) groups is 1. The van der Waals surface area contributed by atoms with Gasteiger partial charge in [0.2, 0.25) is 5.82 Å². The Morgan fingerprint density at radius 2 is 1.61 bits per heavy atom. The third-order valence-corrected chi connectivity index (χ3v) is 4.95. The minimum Gasteiger partial charge on any atom is -0.497 e. The molecule has 7 heteroatoms. The highest BCUT2D eigenvalue weighted by molar-refractivity contribution is 6.02. The van der Waals surface area contributed by atoms with Crippen molar-refractivity contribution in [1.82, 2.24) is 14.8 Å². The van der Waals surface area contributed by atoms with E-state index < -0.39 is 5.91 Å². The molecule has 0 aliphatic carbocycles. The minimum atomic E-state index is -0.423. The first kappa shape index (κ1) is 20.3. The van der Waals surface area contributed by atoms with Crippen LogP contribution in [0.2, 0.25) is 0 Å². The maximum absolute atomic E-state index is 13.4. The van der Waals surface area contributed by atoms with Crippen molar-refractivity contribution in [2.75, 3.05) is 12.4 Å². The monoisotopic (exact) mass is 416 g/mol. The number of methoxy groups -OCH3 is 1. The molecule has 1 aromatic heterocycles. The van der Waals surface area contributed by atoms with Gasteiger partial charge in [-0.2, -0.15) is 0 Å². The Hall–Kier alpha value is -4.00. The predicted molar refractivity (Wildman–Crippen MR) is 117 cm³/mol. The summed E-state index contributed by atoms with van der Waals surface area (Å²) in [6.07, 6.45) is 0. The van der Waals surface area contributed by atoms with Crippen LogP contribution in [0.4, 0.5) is 10.1 Å². The number of halogens is 1. The van der Waals surface area contributed by atoms with E-state index in [0.29, 0.717) is 22.8 Å². The van der Waals surface area contributed by atoms with Crippen molar-refractivity contribution in [3.8, 4) is 22.8 Å². The van der Waals surface area contributed by atoms with E-state index in [9.17, 15) is 9.18 Å². The molecule has 0 unspecified atom stereocenters. The van der Waals surface area contributed by atoms with Crippen LogP contribution in [0.15, 0.2) is 66.7 Å². The fourth-order valence-corrected chi connectivity index (χ4v) is 3.28. The Balaban J connectivity index is 1.76. The number of amides is 1. The molecule has 3 aromatic carbocycles. The highest BCUT2D eigenvalue weighted by Gasteiger charge is 2.20. The number of aryl methyl sites for hydroxylation is 2. The van der Waals surface area contributed by atoms with Gasteiger partial charge < -0.3 is 10.1 Å². The van der Waals surface area contributed by atoms with Crippen LogP contribution in [0.1, 0.15) is 21.7 Å². The van der Waals surface area contributed by atoms with Gasteiger partial charge in [-0.05, 0) is 73.5 Å². The molecule has 0 bridgehead atoms. The van der Waals surface area contributed by atoms with Crippen LogP contribution >= 0.6 is 0 Å². The van der Waals surface area contributed by atoms with Crippen molar-refractivity contribution in [2.24, 2.45) is 0 Å². The van der Waals surface area contributed by atoms with Crippen LogP contribution in [-0.2, 0) is 0 Å². The zero-order valence-corrected chi connectivity index (χ0v) is 17.4. The molecule has 1 amide bonds. The average Bonchev–Trinajstić information content (AvgIpc) is 3.22. The van der Waals surface area contributed by atoms with Gasteiger partial charge in [0, 0.05) is 11.3 Å². The molecule has 1 heterocycles. The molecule has 0 atom stereocenters. The predicted octanol–water partition coefficient (Wildman–Crippen LogP) is 4.95. The largest absolute Gasteiger partial charge is 0.497 e. The number of nitrogens with zero attached hydrogens (tertiary/aromatic N) is 3. The van der Waals surface area contributed by atoms with Crippen molar-refractivity contribution in [3.63, 3.8) is 0 Å². The number of rotatable bonds is 5. The van der Waals surface area contributed by atoms with Crippen molar-refractivity contribution in [2.45, 2.75) is 13.8 Å². The van der Waals surface area contributed by atoms with Crippen LogP contribution in [0.5, 0.6) is 5.75 Å². The van der Waals surface area contributed by atoms with E-state index in [-0.39, 0.29) is 11.6 Å². The van der Waals surface area contributed by atoms with E-state index in [4.69, 9.17) is 4.74 Å². The zero-order chi connectivity index (χ0) is 22.0. The first-order valence-corrected chi connectivity index (χ1v) is 9.71. The summed E-state index contributed by atoms with van der Waals surface area (Å²) in [4.78, 5) is 17.4. The highest BCUT2D eigenvalue weighted by atomic mass is 19.1. The molecule has 4 rings (SSSR count). The number of carbonyl (C=O) groups excluding carboxylic acids is 1. The van der Waals surface area contributed by atoms with Gasteiger partial charge in [0.05, 0.1) is 12.8 Å². The molecule has 0 saturated heterocycles. The third kappa shape index (κ3) is 4.16. The average molecular weight is 416 g/mol. The zero-order valence-electron chi connectivity index (χ0n) is 17.4. The lowest BCUT2D eigenvalue weighted by Gasteiger charge is -2.09. The first-order valence-electron chi connectivity index (χ1n) is 9.71. The van der Waals surface area contributed by atoms with E-state index in [1.165, 1.54) is 12.1 Å². The molecule has 4 aromatic rings. The maximum atomic E-state index is 13.4. The van der Waals surface area contributed by atoms with Gasteiger partial charge in [0.15, 0.2) is 5.82 Å². The lowest BCUT2D eigenvalue weighted by atomic mass is 10.1. The Morgan fingerprint density at radius 3 is 2.23 bits per heavy atom. The molecular weight excluding hydrogens is 395 g/mol. The van der Waals surface area contributed by atoms with Crippen molar-refractivity contribution in [1.29, 1.82) is 0 Å². The molecule has 1 N–H and O–H groups in total. The second-order valence-corrected chi connectivity index (χ2v) is 7.10. The number of anilines is 1. The Bertz CT molecular complexity index is 1210. The molecule has 156 valence electrons. The maximum Gasteiger partial charge on any atom is 0.295 e. The smallest absolute Gasteiger partial charge is 0.295 e. The number of hydrogen-bond acceptors (Lipinski definition) is 4. The van der Waals surface area contributed by atoms with Gasteiger partial charge in [-0.15, -0.1) is 5.10 Å². The number of ether oxygens (including phenoxy) is 1. The summed E-state index contributed by atoms with van der Waals surface area (Å²) in [5, 5.41) is 7.36. The molecule has 0 spiro atoms. The first-order chi connectivity index (χ1) is 15.0. The topological polar surface area (TPSA) is 69.0 Å². The van der Waals surface area contributed by atoms with Gasteiger partial charge in [-0.25, -0.2) is 14.1 Å². The number of aromatic nitrogens is 3. The molecule has 0 saturated carbocycles. The van der Waals surface area contributed by atoms with Gasteiger partial charge in [0.25, 0.3) is 5.91 Å². The van der Waals surface area contributed by atoms with E-state index in [1.807, 2.05) is 44.2 Å². The van der Waals surface area contributed by atoms with Crippen LogP contribution in [-0.4, -0.2) is 27.8 Å². The standard InChI is InChI=1S/C24H21FN4O2/c1-15-5-4-6-16(2)21(15)26-24(30)22-27-23(17-7-9-18(25)10-8-17)29(28-22)19-11-13-20(31-3)14-12-19/h4-14H,1-3H3,(H,26,30). The van der Waals surface area contributed by atoms with Crippen LogP contribution in [0.25, 0.3) is 17.1 Å². The van der Waals surface area contributed by atoms with Crippen molar-refractivity contribution >= 4 is 11.6 Å². The summed E-state index contributed by atoms with van der Waals surface area (Å²) >= 11 is 0. The molecule has 0 aliphatic heterocycles. The second kappa shape index (κ2) is 8.39. The van der Waals surface area contributed by atoms with E-state index in [1.54, 1.807) is 36.1 Å². The summed E-state index contributed by atoms with van der Waals surface area (Å²) in [7, 11) is 1.59. The van der Waals surface area contributed by atoms with E-state index >= 15 is 0 Å². The van der Waals surface area contributed by atoms with Crippen LogP contribution < -0.4 is 10.1 Å². The third-order valence-electron chi connectivity index (χ3n) is 4.95. The molecule has 31 heavy (non-hydrogen) atoms. The number of para-hydroxylation sites is 1. The number of nitrogens with one attached hydrogen (secondary N) is 1. The van der Waals surface area contributed by atoms with Gasteiger partial charge in [-0.3, -0.25) is 4.79 Å². The van der Waals surface area contributed by atoms with Crippen LogP contribution in [0.3, 0.4) is 0 Å².